The second-order valence-corrected chi connectivity index (χ2v) is 20.1. The number of carbonyl (C=O) groups is 3. The number of benzene rings is 2. The minimum absolute atomic E-state index is 0.0754. The second-order valence-electron chi connectivity index (χ2n) is 20.1. The van der Waals surface area contributed by atoms with Gasteiger partial charge in [-0.05, 0) is 205 Å². The number of rotatable bonds is 8. The van der Waals surface area contributed by atoms with Crippen LogP contribution in [0.2, 0.25) is 0 Å². The van der Waals surface area contributed by atoms with Crippen molar-refractivity contribution in [1.82, 2.24) is 20.1 Å². The summed E-state index contributed by atoms with van der Waals surface area (Å²) in [6.07, 6.45) is 23.7. The fraction of sp³-hybridized carbons (Fsp3) is 0.545. The van der Waals surface area contributed by atoms with Gasteiger partial charge in [0.25, 0.3) is 5.91 Å². The van der Waals surface area contributed by atoms with Gasteiger partial charge in [0.1, 0.15) is 17.7 Å². The first-order chi connectivity index (χ1) is 32.6. The van der Waals surface area contributed by atoms with Crippen molar-refractivity contribution in [2.75, 3.05) is 43.4 Å². The summed E-state index contributed by atoms with van der Waals surface area (Å²) in [5.41, 5.74) is 9.55. The monoisotopic (exact) mass is 912 g/mol. The Morgan fingerprint density at radius 3 is 2.42 bits per heavy atom. The van der Waals surface area contributed by atoms with E-state index >= 15 is 4.39 Å². The number of aromatic nitrogens is 1. The smallest absolute Gasteiger partial charge is 0.253 e. The molecular formula is C55H70FN7O4. The molecule has 2 aromatic carbocycles. The van der Waals surface area contributed by atoms with Crippen molar-refractivity contribution >= 4 is 34.8 Å². The standard InChI is InChI=1S/C55H70FN7O4/c1-36-27-32-67-54-46(33-36)37(2)47(35-57-54)38-11-8-12-40-10-4-3-5-13-51(60-49(40)21-16-38)59-42-17-14-41(15-18-42)55(66)63-30-25-44(26-31-63)62-28-7-6-9-39(24-29-62)45-20-19-43(34-48(45)56)58-50-22-23-52(64)61-53(50)65/h10,13-15,17-20,34-36,38-39,44,50,58-59H,3-9,11-12,16,21-33H2,1-2H3,(H,61,64,65)/b40-10-,51-13+,60-49-. The van der Waals surface area contributed by atoms with Gasteiger partial charge < -0.3 is 25.2 Å². The Labute approximate surface area is 396 Å². The number of likely N-dealkylation sites (tertiary alicyclic amines) is 2. The number of amides is 3. The van der Waals surface area contributed by atoms with Crippen LogP contribution in [0.4, 0.5) is 15.8 Å². The number of carbonyl (C=O) groups excluding carboxylic acids is 3. The molecule has 9 rings (SSSR count). The van der Waals surface area contributed by atoms with Gasteiger partial charge >= 0.3 is 0 Å². The van der Waals surface area contributed by atoms with E-state index in [0.29, 0.717) is 35.5 Å². The molecule has 3 N–H and O–H groups in total. The number of allylic oxidation sites excluding steroid dienone is 3. The van der Waals surface area contributed by atoms with Crippen LogP contribution in [0, 0.1) is 18.7 Å². The van der Waals surface area contributed by atoms with Gasteiger partial charge in [0, 0.05) is 60.0 Å². The molecule has 11 nitrogen and oxygen atoms in total. The summed E-state index contributed by atoms with van der Waals surface area (Å²) in [4.78, 5) is 52.4. The Kier molecular flexibility index (Phi) is 15.2. The van der Waals surface area contributed by atoms with Crippen molar-refractivity contribution in [2.24, 2.45) is 10.9 Å². The number of pyridine rings is 1. The second kappa shape index (κ2) is 21.7. The van der Waals surface area contributed by atoms with E-state index in [1.165, 1.54) is 34.0 Å². The molecule has 67 heavy (non-hydrogen) atoms. The van der Waals surface area contributed by atoms with E-state index in [1.54, 1.807) is 0 Å². The fourth-order valence-electron chi connectivity index (χ4n) is 11.5. The lowest BCUT2D eigenvalue weighted by Gasteiger charge is -2.40. The van der Waals surface area contributed by atoms with Crippen LogP contribution in [0.3, 0.4) is 0 Å². The fourth-order valence-corrected chi connectivity index (χ4v) is 11.5. The van der Waals surface area contributed by atoms with E-state index in [2.05, 4.69) is 53.0 Å². The van der Waals surface area contributed by atoms with E-state index in [4.69, 9.17) is 14.7 Å². The molecule has 3 saturated heterocycles. The normalized spacial score (nSPS) is 27.3. The summed E-state index contributed by atoms with van der Waals surface area (Å²) >= 11 is 0. The Morgan fingerprint density at radius 2 is 1.60 bits per heavy atom. The first-order valence-electron chi connectivity index (χ1n) is 25.5. The number of hydrogen-bond acceptors (Lipinski definition) is 9. The minimum Gasteiger partial charge on any atom is -0.477 e. The maximum atomic E-state index is 15.6. The zero-order valence-electron chi connectivity index (χ0n) is 39.7. The maximum Gasteiger partial charge on any atom is 0.253 e. The predicted octanol–water partition coefficient (Wildman–Crippen LogP) is 10.5. The lowest BCUT2D eigenvalue weighted by atomic mass is 9.81. The first-order valence-corrected chi connectivity index (χ1v) is 25.5. The minimum atomic E-state index is -0.546. The average Bonchev–Trinajstić information content (AvgIpc) is 3.45. The van der Waals surface area contributed by atoms with Crippen LogP contribution < -0.4 is 20.7 Å². The number of imide groups is 1. The van der Waals surface area contributed by atoms with Crippen molar-refractivity contribution in [3.05, 3.63) is 106 Å². The molecule has 0 radical (unpaired) electrons. The zero-order valence-corrected chi connectivity index (χ0v) is 39.7. The molecule has 6 aliphatic rings. The molecule has 4 unspecified atom stereocenters. The SMILES string of the molecule is Cc1c(C2CCCC3=C/CCC/C=C(Nc4ccc(C(=O)N5CCC(N6CCCCC(c7ccc(NC8CCC(=O)NC8=O)cc7F)CC6)CC5)cc4)/N=C\3CC2)cnc2c1CC(C)CCO2. The Balaban J connectivity index is 0.777. The van der Waals surface area contributed by atoms with E-state index in [1.807, 2.05) is 41.3 Å². The number of piperidine rings is 2. The summed E-state index contributed by atoms with van der Waals surface area (Å²) in [6, 6.07) is 13.0. The van der Waals surface area contributed by atoms with Crippen LogP contribution in [0.15, 0.2) is 77.2 Å². The van der Waals surface area contributed by atoms with Crippen molar-refractivity contribution in [1.29, 1.82) is 0 Å². The third-order valence-corrected chi connectivity index (χ3v) is 15.5. The van der Waals surface area contributed by atoms with Gasteiger partial charge in [0.05, 0.1) is 6.61 Å². The molecule has 4 atom stereocenters. The molecule has 6 heterocycles. The maximum absolute atomic E-state index is 15.6. The highest BCUT2D eigenvalue weighted by Crippen LogP contribution is 2.39. The summed E-state index contributed by atoms with van der Waals surface area (Å²) < 4.78 is 21.7. The third-order valence-electron chi connectivity index (χ3n) is 15.5. The molecule has 1 aromatic heterocycles. The highest BCUT2D eigenvalue weighted by atomic mass is 19.1. The van der Waals surface area contributed by atoms with Gasteiger partial charge in [-0.15, -0.1) is 0 Å². The lowest BCUT2D eigenvalue weighted by Crippen LogP contribution is -2.47. The molecule has 1 aliphatic carbocycles. The predicted molar refractivity (Wildman–Crippen MR) is 263 cm³/mol. The number of anilines is 2. The molecular weight excluding hydrogens is 842 g/mol. The lowest BCUT2D eigenvalue weighted by molar-refractivity contribution is -0.133. The molecule has 0 spiro atoms. The van der Waals surface area contributed by atoms with Crippen molar-refractivity contribution in [2.45, 2.75) is 153 Å². The van der Waals surface area contributed by atoms with E-state index in [0.717, 1.165) is 158 Å². The van der Waals surface area contributed by atoms with E-state index in [9.17, 15) is 14.4 Å². The van der Waals surface area contributed by atoms with Crippen LogP contribution in [0.5, 0.6) is 5.88 Å². The molecule has 1 saturated carbocycles. The van der Waals surface area contributed by atoms with Crippen LogP contribution in [0.25, 0.3) is 0 Å². The Hall–Kier alpha value is -5.36. The number of hydrogen-bond donors (Lipinski definition) is 3. The molecule has 12 heteroatoms. The zero-order chi connectivity index (χ0) is 46.3. The van der Waals surface area contributed by atoms with Crippen LogP contribution in [0.1, 0.15) is 161 Å². The first kappa shape index (κ1) is 46.7. The topological polar surface area (TPSA) is 128 Å². The largest absolute Gasteiger partial charge is 0.477 e. The number of aliphatic imine (C=N–C) groups is 1. The molecule has 356 valence electrons. The highest BCUT2D eigenvalue weighted by Gasteiger charge is 2.31. The van der Waals surface area contributed by atoms with Gasteiger partial charge in [0.15, 0.2) is 0 Å². The van der Waals surface area contributed by atoms with Gasteiger partial charge in [0.2, 0.25) is 17.7 Å². The number of nitrogens with one attached hydrogen (secondary N) is 3. The van der Waals surface area contributed by atoms with Gasteiger partial charge in [-0.25, -0.2) is 14.4 Å². The van der Waals surface area contributed by atoms with E-state index in [-0.39, 0.29) is 35.9 Å². The molecule has 3 aromatic rings. The van der Waals surface area contributed by atoms with E-state index < -0.39 is 6.04 Å². The van der Waals surface area contributed by atoms with Crippen LogP contribution in [-0.4, -0.2) is 83.1 Å². The van der Waals surface area contributed by atoms with Crippen molar-refractivity contribution in [3.8, 4) is 5.88 Å². The quantitative estimate of drug-likeness (QED) is 0.191. The number of ether oxygens (including phenoxy) is 1. The Bertz CT molecular complexity index is 2370. The summed E-state index contributed by atoms with van der Waals surface area (Å²) in [6.45, 7) is 8.71. The number of nitrogens with zero attached hydrogens (tertiary/aromatic N) is 4. The molecule has 5 aliphatic heterocycles. The Morgan fingerprint density at radius 1 is 0.806 bits per heavy atom. The summed E-state index contributed by atoms with van der Waals surface area (Å²) in [5, 5.41) is 9.08. The molecule has 4 fully saturated rings. The van der Waals surface area contributed by atoms with Crippen LogP contribution in [-0.2, 0) is 16.0 Å². The van der Waals surface area contributed by atoms with Crippen LogP contribution >= 0.6 is 0 Å². The van der Waals surface area contributed by atoms with Gasteiger partial charge in [-0.3, -0.25) is 19.7 Å². The van der Waals surface area contributed by atoms with Crippen molar-refractivity contribution < 1.29 is 23.5 Å². The van der Waals surface area contributed by atoms with Gasteiger partial charge in [-0.2, -0.15) is 0 Å². The molecule has 0 bridgehead atoms. The number of halogens is 1. The molecule has 3 amide bonds. The summed E-state index contributed by atoms with van der Waals surface area (Å²) in [5.74, 6) is 2.06. The summed E-state index contributed by atoms with van der Waals surface area (Å²) in [7, 11) is 0. The van der Waals surface area contributed by atoms with Gasteiger partial charge in [-0.1, -0.05) is 25.5 Å². The highest BCUT2D eigenvalue weighted by molar-refractivity contribution is 6.02. The van der Waals surface area contributed by atoms with Crippen molar-refractivity contribution in [3.63, 3.8) is 0 Å². The third kappa shape index (κ3) is 11.5. The number of fused-ring (bicyclic) bond motifs is 2. The average molecular weight is 912 g/mol.